The molecule has 1 aromatic heterocycles. The van der Waals surface area contributed by atoms with E-state index in [9.17, 15) is 25.0 Å². The number of rotatable bonds is 5. The van der Waals surface area contributed by atoms with Crippen molar-refractivity contribution in [3.05, 3.63) is 68.1 Å². The van der Waals surface area contributed by atoms with Crippen molar-refractivity contribution < 1.29 is 23.9 Å². The molecule has 0 radical (unpaired) electrons. The Kier molecular flexibility index (Phi) is 5.25. The summed E-state index contributed by atoms with van der Waals surface area (Å²) < 4.78 is 4.94. The van der Waals surface area contributed by atoms with Crippen LogP contribution in [0.2, 0.25) is 0 Å². The van der Waals surface area contributed by atoms with Crippen molar-refractivity contribution in [3.63, 3.8) is 0 Å². The van der Waals surface area contributed by atoms with Gasteiger partial charge in [-0.15, -0.1) is 0 Å². The molecule has 1 aromatic carbocycles. The van der Waals surface area contributed by atoms with E-state index in [1.807, 2.05) is 0 Å². The predicted molar refractivity (Wildman–Crippen MR) is 92.5 cm³/mol. The highest BCUT2D eigenvalue weighted by molar-refractivity contribution is 5.93. The number of nitrogens with zero attached hydrogens (tertiary/aromatic N) is 3. The summed E-state index contributed by atoms with van der Waals surface area (Å²) in [6, 6.07) is 6.51. The highest BCUT2D eigenvalue weighted by Gasteiger charge is 2.31. The molecule has 2 aromatic rings. The predicted octanol–water partition coefficient (Wildman–Crippen LogP) is 3.97. The maximum atomic E-state index is 11.9. The highest BCUT2D eigenvalue weighted by Crippen LogP contribution is 2.37. The van der Waals surface area contributed by atoms with E-state index in [2.05, 4.69) is 5.16 Å². The molecule has 1 heterocycles. The molecule has 0 aliphatic heterocycles. The number of hydrogen-bond donors (Lipinski definition) is 0. The third-order valence-electron chi connectivity index (χ3n) is 4.34. The van der Waals surface area contributed by atoms with Gasteiger partial charge in [0.1, 0.15) is 0 Å². The third-order valence-corrected chi connectivity index (χ3v) is 4.34. The van der Waals surface area contributed by atoms with Crippen molar-refractivity contribution in [2.24, 2.45) is 5.16 Å². The molecule has 140 valence electrons. The van der Waals surface area contributed by atoms with Gasteiger partial charge >= 0.3 is 5.97 Å². The summed E-state index contributed by atoms with van der Waals surface area (Å²) in [6.45, 7) is 0. The molecule has 27 heavy (non-hydrogen) atoms. The Balaban J connectivity index is 1.91. The summed E-state index contributed by atoms with van der Waals surface area (Å²) in [7, 11) is 0. The second-order valence-electron chi connectivity index (χ2n) is 5.99. The summed E-state index contributed by atoms with van der Waals surface area (Å²) in [5.41, 5.74) is 0.0985. The molecule has 10 nitrogen and oxygen atoms in total. The number of oxime groups is 1. The van der Waals surface area contributed by atoms with E-state index in [0.717, 1.165) is 18.9 Å². The van der Waals surface area contributed by atoms with E-state index >= 15 is 0 Å². The molecular formula is C17H15N3O7. The number of nitro groups is 2. The number of carbonyl (C=O) groups is 1. The van der Waals surface area contributed by atoms with E-state index in [-0.39, 0.29) is 17.1 Å². The maximum absolute atomic E-state index is 11.9. The molecule has 1 fully saturated rings. The molecule has 0 N–H and O–H groups in total. The topological polar surface area (TPSA) is 138 Å². The first-order chi connectivity index (χ1) is 13.0. The fourth-order valence-corrected chi connectivity index (χ4v) is 3.08. The van der Waals surface area contributed by atoms with Gasteiger partial charge in [0, 0.05) is 17.5 Å². The van der Waals surface area contributed by atoms with Crippen LogP contribution >= 0.6 is 0 Å². The Bertz CT molecular complexity index is 905. The van der Waals surface area contributed by atoms with Crippen molar-refractivity contribution in [2.45, 2.75) is 31.6 Å². The normalized spacial score (nSPS) is 18.2. The van der Waals surface area contributed by atoms with Crippen molar-refractivity contribution in [1.82, 2.24) is 0 Å². The van der Waals surface area contributed by atoms with Crippen LogP contribution in [0.5, 0.6) is 0 Å². The lowest BCUT2D eigenvalue weighted by molar-refractivity contribution is -0.394. The van der Waals surface area contributed by atoms with Gasteiger partial charge < -0.3 is 9.25 Å². The lowest BCUT2D eigenvalue weighted by Gasteiger charge is -2.23. The summed E-state index contributed by atoms with van der Waals surface area (Å²) in [6.07, 6.45) is 4.01. The summed E-state index contributed by atoms with van der Waals surface area (Å²) >= 11 is 0. The van der Waals surface area contributed by atoms with Crippen molar-refractivity contribution in [1.29, 1.82) is 0 Å². The van der Waals surface area contributed by atoms with E-state index in [4.69, 9.17) is 9.25 Å². The standard InChI is InChI=1S/C17H15N3O7/c21-17(16-6-3-9-26-16)27-18-14-5-2-1-4-12(14)13-8-7-11(19(22)23)10-15(13)20(24)25/h3,6-10,12H,1-2,4-5H2/b18-14-/t12-/m1/s1. The number of benzene rings is 1. The van der Waals surface area contributed by atoms with E-state index in [1.165, 1.54) is 30.5 Å². The van der Waals surface area contributed by atoms with Gasteiger partial charge in [-0.2, -0.15) is 0 Å². The van der Waals surface area contributed by atoms with Gasteiger partial charge in [0.15, 0.2) is 0 Å². The zero-order valence-electron chi connectivity index (χ0n) is 14.1. The molecule has 0 bridgehead atoms. The second-order valence-corrected chi connectivity index (χ2v) is 5.99. The number of non-ortho nitro benzene ring substituents is 1. The van der Waals surface area contributed by atoms with E-state index in [0.29, 0.717) is 24.1 Å². The molecule has 3 rings (SSSR count). The molecule has 1 saturated carbocycles. The van der Waals surface area contributed by atoms with Crippen LogP contribution in [0.4, 0.5) is 11.4 Å². The van der Waals surface area contributed by atoms with Crippen LogP contribution in [0.15, 0.2) is 46.2 Å². The number of nitro benzene ring substituents is 2. The summed E-state index contributed by atoms with van der Waals surface area (Å²) in [4.78, 5) is 37.8. The lowest BCUT2D eigenvalue weighted by atomic mass is 9.81. The molecular weight excluding hydrogens is 358 g/mol. The third kappa shape index (κ3) is 4.00. The van der Waals surface area contributed by atoms with Crippen LogP contribution in [0.25, 0.3) is 0 Å². The monoisotopic (exact) mass is 373 g/mol. The first kappa shape index (κ1) is 18.2. The highest BCUT2D eigenvalue weighted by atomic mass is 16.7. The van der Waals surface area contributed by atoms with Crippen molar-refractivity contribution in [3.8, 4) is 0 Å². The lowest BCUT2D eigenvalue weighted by Crippen LogP contribution is -2.20. The Morgan fingerprint density at radius 2 is 2.00 bits per heavy atom. The van der Waals surface area contributed by atoms with Gasteiger partial charge in [-0.05, 0) is 37.5 Å². The van der Waals surface area contributed by atoms with Crippen LogP contribution < -0.4 is 0 Å². The average Bonchev–Trinajstić information content (AvgIpc) is 3.20. The van der Waals surface area contributed by atoms with Gasteiger partial charge in [-0.25, -0.2) is 4.79 Å². The molecule has 0 spiro atoms. The largest absolute Gasteiger partial charge is 0.457 e. The van der Waals surface area contributed by atoms with Crippen LogP contribution in [-0.4, -0.2) is 21.5 Å². The van der Waals surface area contributed by atoms with Gasteiger partial charge in [0.05, 0.1) is 27.9 Å². The molecule has 1 aliphatic rings. The molecule has 1 aliphatic carbocycles. The van der Waals surface area contributed by atoms with Gasteiger partial charge in [-0.1, -0.05) is 11.6 Å². The summed E-state index contributed by atoms with van der Waals surface area (Å²) in [5.74, 6) is -1.23. The minimum absolute atomic E-state index is 0.00646. The fraction of sp³-hybridized carbons (Fsp3) is 0.294. The Morgan fingerprint density at radius 1 is 1.19 bits per heavy atom. The molecule has 10 heteroatoms. The summed E-state index contributed by atoms with van der Waals surface area (Å²) in [5, 5.41) is 26.2. The first-order valence-corrected chi connectivity index (χ1v) is 8.21. The van der Waals surface area contributed by atoms with Gasteiger partial charge in [0.2, 0.25) is 5.76 Å². The quantitative estimate of drug-likeness (QED) is 0.439. The van der Waals surface area contributed by atoms with E-state index in [1.54, 1.807) is 0 Å². The van der Waals surface area contributed by atoms with Crippen LogP contribution in [-0.2, 0) is 4.84 Å². The van der Waals surface area contributed by atoms with Gasteiger partial charge in [-0.3, -0.25) is 20.2 Å². The molecule has 0 amide bonds. The smallest absolute Gasteiger partial charge is 0.400 e. The zero-order valence-corrected chi connectivity index (χ0v) is 14.1. The molecule has 0 unspecified atom stereocenters. The molecule has 0 saturated heterocycles. The fourth-order valence-electron chi connectivity index (χ4n) is 3.08. The van der Waals surface area contributed by atoms with E-state index < -0.39 is 21.7 Å². The average molecular weight is 373 g/mol. The number of furan rings is 1. The second kappa shape index (κ2) is 7.77. The number of hydrogen-bond acceptors (Lipinski definition) is 8. The minimum atomic E-state index is -0.768. The minimum Gasteiger partial charge on any atom is -0.457 e. The zero-order chi connectivity index (χ0) is 19.4. The van der Waals surface area contributed by atoms with Crippen molar-refractivity contribution >= 4 is 23.1 Å². The van der Waals surface area contributed by atoms with Crippen LogP contribution in [0, 0.1) is 20.2 Å². The van der Waals surface area contributed by atoms with Crippen LogP contribution in [0.1, 0.15) is 47.7 Å². The Hall–Kier alpha value is -3.56. The SMILES string of the molecule is O=C(O/N=C1/CCCC[C@@H]1c1ccc([N+](=O)[O-])cc1[N+](=O)[O-])c1ccco1. The molecule has 1 atom stereocenters. The van der Waals surface area contributed by atoms with Crippen LogP contribution in [0.3, 0.4) is 0 Å². The first-order valence-electron chi connectivity index (χ1n) is 8.21. The van der Waals surface area contributed by atoms with Crippen molar-refractivity contribution in [2.75, 3.05) is 0 Å². The van der Waals surface area contributed by atoms with Gasteiger partial charge in [0.25, 0.3) is 11.4 Å². The number of carbonyl (C=O) groups excluding carboxylic acids is 1. The maximum Gasteiger partial charge on any atom is 0.400 e. The Labute approximate surface area is 152 Å². The Morgan fingerprint density at radius 3 is 2.67 bits per heavy atom.